The van der Waals surface area contributed by atoms with Gasteiger partial charge in [0.1, 0.15) is 11.6 Å². The molecule has 1 aliphatic rings. The van der Waals surface area contributed by atoms with E-state index in [9.17, 15) is 9.18 Å². The largest absolute Gasteiger partial charge is 0.310 e. The Labute approximate surface area is 135 Å². The van der Waals surface area contributed by atoms with E-state index >= 15 is 0 Å². The molecular weight excluding hydrogens is 293 g/mol. The molecular formula is C18H22FN3O. The average molecular weight is 315 g/mol. The van der Waals surface area contributed by atoms with Crippen molar-refractivity contribution in [3.05, 3.63) is 62.6 Å². The van der Waals surface area contributed by atoms with E-state index in [0.717, 1.165) is 29.2 Å². The van der Waals surface area contributed by atoms with Crippen molar-refractivity contribution in [3.8, 4) is 0 Å². The van der Waals surface area contributed by atoms with E-state index in [4.69, 9.17) is 0 Å². The summed E-state index contributed by atoms with van der Waals surface area (Å²) in [4.78, 5) is 21.9. The third kappa shape index (κ3) is 3.34. The molecule has 0 aliphatic carbocycles. The molecule has 2 heterocycles. The lowest BCUT2D eigenvalue weighted by Crippen LogP contribution is -2.35. The van der Waals surface area contributed by atoms with Gasteiger partial charge in [0.2, 0.25) is 0 Å². The van der Waals surface area contributed by atoms with Crippen LogP contribution in [0.15, 0.2) is 23.0 Å². The molecule has 0 saturated heterocycles. The summed E-state index contributed by atoms with van der Waals surface area (Å²) in [5, 5.41) is 0. The van der Waals surface area contributed by atoms with Crippen molar-refractivity contribution in [2.75, 3.05) is 6.54 Å². The number of hydrogen-bond acceptors (Lipinski definition) is 3. The fourth-order valence-corrected chi connectivity index (χ4v) is 2.91. The molecule has 0 radical (unpaired) electrons. The maximum atomic E-state index is 13.7. The third-order valence-corrected chi connectivity index (χ3v) is 4.36. The van der Waals surface area contributed by atoms with Gasteiger partial charge >= 0.3 is 0 Å². The van der Waals surface area contributed by atoms with E-state index in [-0.39, 0.29) is 17.3 Å². The molecule has 0 amide bonds. The third-order valence-electron chi connectivity index (χ3n) is 4.36. The molecule has 4 nitrogen and oxygen atoms in total. The Balaban J connectivity index is 1.81. The first kappa shape index (κ1) is 15.9. The zero-order chi connectivity index (χ0) is 16.6. The predicted octanol–water partition coefficient (Wildman–Crippen LogP) is 2.90. The van der Waals surface area contributed by atoms with Gasteiger partial charge in [0.25, 0.3) is 5.56 Å². The molecule has 0 spiro atoms. The number of nitrogens with zero attached hydrogens (tertiary/aromatic N) is 2. The van der Waals surface area contributed by atoms with Crippen molar-refractivity contribution < 1.29 is 4.39 Å². The van der Waals surface area contributed by atoms with Crippen LogP contribution in [0.1, 0.15) is 48.0 Å². The summed E-state index contributed by atoms with van der Waals surface area (Å²) in [6.45, 7) is 7.88. The average Bonchev–Trinajstić information content (AvgIpc) is 2.50. The van der Waals surface area contributed by atoms with E-state index in [1.165, 1.54) is 0 Å². The van der Waals surface area contributed by atoms with E-state index < -0.39 is 0 Å². The maximum absolute atomic E-state index is 13.7. The van der Waals surface area contributed by atoms with Crippen molar-refractivity contribution in [2.24, 2.45) is 0 Å². The van der Waals surface area contributed by atoms with Gasteiger partial charge in [-0.15, -0.1) is 0 Å². The van der Waals surface area contributed by atoms with Crippen LogP contribution < -0.4 is 5.56 Å². The van der Waals surface area contributed by atoms with Crippen LogP contribution in [0.2, 0.25) is 0 Å². The molecule has 122 valence electrons. The SMILES string of the molecule is Cc1ccc(CN2CCc3c(nc(C(C)C)[nH]c3=O)C2)cc1F. The minimum atomic E-state index is -0.170. The number of nitrogens with one attached hydrogen (secondary N) is 1. The van der Waals surface area contributed by atoms with Gasteiger partial charge in [0.05, 0.1) is 5.69 Å². The zero-order valence-electron chi connectivity index (χ0n) is 13.8. The van der Waals surface area contributed by atoms with Crippen molar-refractivity contribution >= 4 is 0 Å². The second kappa shape index (κ2) is 6.24. The maximum Gasteiger partial charge on any atom is 0.254 e. The number of benzene rings is 1. The Morgan fingerprint density at radius 1 is 1.39 bits per heavy atom. The van der Waals surface area contributed by atoms with Crippen LogP contribution in [0.4, 0.5) is 4.39 Å². The number of aryl methyl sites for hydroxylation is 1. The molecule has 2 aromatic rings. The van der Waals surface area contributed by atoms with Gasteiger partial charge in [0.15, 0.2) is 0 Å². The van der Waals surface area contributed by atoms with Crippen molar-refractivity contribution in [2.45, 2.75) is 46.2 Å². The lowest BCUT2D eigenvalue weighted by molar-refractivity contribution is 0.239. The molecule has 1 aliphatic heterocycles. The Morgan fingerprint density at radius 3 is 2.87 bits per heavy atom. The summed E-state index contributed by atoms with van der Waals surface area (Å²) < 4.78 is 13.7. The summed E-state index contributed by atoms with van der Waals surface area (Å²) in [5.41, 5.74) is 3.25. The molecule has 0 saturated carbocycles. The van der Waals surface area contributed by atoms with Crippen LogP contribution in [0.3, 0.4) is 0 Å². The first-order valence-electron chi connectivity index (χ1n) is 8.03. The number of fused-ring (bicyclic) bond motifs is 1. The normalized spacial score (nSPS) is 15.0. The van der Waals surface area contributed by atoms with Crippen LogP contribution in [-0.4, -0.2) is 21.4 Å². The van der Waals surface area contributed by atoms with Crippen molar-refractivity contribution in [1.29, 1.82) is 0 Å². The van der Waals surface area contributed by atoms with E-state index in [0.29, 0.717) is 25.1 Å². The molecule has 3 rings (SSSR count). The number of H-pyrrole nitrogens is 1. The number of rotatable bonds is 3. The Hall–Kier alpha value is -2.01. The van der Waals surface area contributed by atoms with E-state index in [1.54, 1.807) is 13.0 Å². The predicted molar refractivity (Wildman–Crippen MR) is 87.9 cm³/mol. The summed E-state index contributed by atoms with van der Waals surface area (Å²) in [5.74, 6) is 0.753. The highest BCUT2D eigenvalue weighted by Gasteiger charge is 2.21. The minimum Gasteiger partial charge on any atom is -0.310 e. The highest BCUT2D eigenvalue weighted by atomic mass is 19.1. The van der Waals surface area contributed by atoms with Crippen molar-refractivity contribution in [3.63, 3.8) is 0 Å². The molecule has 0 unspecified atom stereocenters. The van der Waals surface area contributed by atoms with E-state index in [1.807, 2.05) is 26.0 Å². The van der Waals surface area contributed by atoms with Gasteiger partial charge in [-0.25, -0.2) is 9.37 Å². The summed E-state index contributed by atoms with van der Waals surface area (Å²) in [7, 11) is 0. The summed E-state index contributed by atoms with van der Waals surface area (Å²) >= 11 is 0. The topological polar surface area (TPSA) is 49.0 Å². The van der Waals surface area contributed by atoms with Gasteiger partial charge in [-0.05, 0) is 30.5 Å². The van der Waals surface area contributed by atoms with Crippen LogP contribution in [0.25, 0.3) is 0 Å². The lowest BCUT2D eigenvalue weighted by atomic mass is 10.0. The smallest absolute Gasteiger partial charge is 0.254 e. The van der Waals surface area contributed by atoms with E-state index in [2.05, 4.69) is 14.9 Å². The molecule has 5 heteroatoms. The quantitative estimate of drug-likeness (QED) is 0.947. The molecule has 1 aromatic heterocycles. The number of aromatic amines is 1. The summed E-state index contributed by atoms with van der Waals surface area (Å²) in [6.07, 6.45) is 0.685. The molecule has 0 atom stereocenters. The Bertz CT molecular complexity index is 782. The minimum absolute atomic E-state index is 0.0141. The molecule has 0 fully saturated rings. The van der Waals surface area contributed by atoms with Crippen LogP contribution in [0.5, 0.6) is 0 Å². The van der Waals surface area contributed by atoms with Gasteiger partial charge in [-0.3, -0.25) is 9.69 Å². The molecule has 23 heavy (non-hydrogen) atoms. The van der Waals surface area contributed by atoms with Crippen LogP contribution >= 0.6 is 0 Å². The second-order valence-electron chi connectivity index (χ2n) is 6.58. The molecule has 0 bridgehead atoms. The highest BCUT2D eigenvalue weighted by molar-refractivity contribution is 5.25. The van der Waals surface area contributed by atoms with Gasteiger partial charge < -0.3 is 4.98 Å². The molecule has 1 N–H and O–H groups in total. The number of hydrogen-bond donors (Lipinski definition) is 1. The first-order valence-corrected chi connectivity index (χ1v) is 8.03. The van der Waals surface area contributed by atoms with Gasteiger partial charge in [0, 0.05) is 31.1 Å². The summed E-state index contributed by atoms with van der Waals surface area (Å²) in [6, 6.07) is 5.36. The van der Waals surface area contributed by atoms with Crippen LogP contribution in [0, 0.1) is 12.7 Å². The fourth-order valence-electron chi connectivity index (χ4n) is 2.91. The zero-order valence-corrected chi connectivity index (χ0v) is 13.8. The second-order valence-corrected chi connectivity index (χ2v) is 6.58. The fraction of sp³-hybridized carbons (Fsp3) is 0.444. The van der Waals surface area contributed by atoms with Gasteiger partial charge in [-0.2, -0.15) is 0 Å². The number of aromatic nitrogens is 2. The van der Waals surface area contributed by atoms with Crippen LogP contribution in [-0.2, 0) is 19.5 Å². The van der Waals surface area contributed by atoms with Crippen molar-refractivity contribution in [1.82, 2.24) is 14.9 Å². The highest BCUT2D eigenvalue weighted by Crippen LogP contribution is 2.19. The Kier molecular flexibility index (Phi) is 4.31. The molecule has 1 aromatic carbocycles. The lowest BCUT2D eigenvalue weighted by Gasteiger charge is -2.28. The van der Waals surface area contributed by atoms with Gasteiger partial charge in [-0.1, -0.05) is 26.0 Å². The monoisotopic (exact) mass is 315 g/mol. The Morgan fingerprint density at radius 2 is 2.17 bits per heavy atom. The standard InChI is InChI=1S/C18H22FN3O/c1-11(2)17-20-16-10-22(7-6-14(16)18(23)21-17)9-13-5-4-12(3)15(19)8-13/h4-5,8,11H,6-7,9-10H2,1-3H3,(H,20,21,23). The first-order chi connectivity index (χ1) is 10.9. The number of halogens is 1.